The molecule has 0 aromatic heterocycles. The molecular weight excluding hydrogens is 567 g/mol. The summed E-state index contributed by atoms with van der Waals surface area (Å²) in [5, 5.41) is 9.87. The van der Waals surface area contributed by atoms with Crippen LogP contribution in [-0.2, 0) is 0 Å². The molecule has 9 aromatic rings. The van der Waals surface area contributed by atoms with Crippen LogP contribution in [0, 0.1) is 0 Å². The third kappa shape index (κ3) is 4.72. The summed E-state index contributed by atoms with van der Waals surface area (Å²) in [6, 6.07) is 68.4. The lowest BCUT2D eigenvalue weighted by Gasteiger charge is -2.31. The molecule has 9 aromatic carbocycles. The lowest BCUT2D eigenvalue weighted by molar-refractivity contribution is 1.31. The molecule has 0 N–H and O–H groups in total. The fourth-order valence-electron chi connectivity index (χ4n) is 7.17. The molecule has 1 heteroatoms. The van der Waals surface area contributed by atoms with Crippen LogP contribution < -0.4 is 4.90 Å². The highest BCUT2D eigenvalue weighted by atomic mass is 15.1. The summed E-state index contributed by atoms with van der Waals surface area (Å²) in [5.74, 6) is 0. The third-order valence-electron chi connectivity index (χ3n) is 9.37. The molecule has 1 nitrogen and oxygen atoms in total. The van der Waals surface area contributed by atoms with E-state index in [1.165, 1.54) is 71.0 Å². The minimum absolute atomic E-state index is 1.11. The first-order chi connectivity index (χ1) is 23.3. The van der Waals surface area contributed by atoms with Crippen molar-refractivity contribution in [2.45, 2.75) is 0 Å². The molecule has 0 aliphatic carbocycles. The number of anilines is 3. The molecule has 0 unspecified atom stereocenters. The van der Waals surface area contributed by atoms with Gasteiger partial charge in [-0.2, -0.15) is 0 Å². The van der Waals surface area contributed by atoms with Gasteiger partial charge in [-0.3, -0.25) is 0 Å². The summed E-state index contributed by atoms with van der Waals surface area (Å²) >= 11 is 0. The van der Waals surface area contributed by atoms with Crippen LogP contribution in [0.4, 0.5) is 17.1 Å². The fourth-order valence-corrected chi connectivity index (χ4v) is 7.17. The van der Waals surface area contributed by atoms with Gasteiger partial charge in [-0.25, -0.2) is 0 Å². The van der Waals surface area contributed by atoms with Crippen LogP contribution in [-0.4, -0.2) is 0 Å². The first-order valence-corrected chi connectivity index (χ1v) is 16.2. The molecule has 0 heterocycles. The van der Waals surface area contributed by atoms with Crippen LogP contribution in [0.1, 0.15) is 0 Å². The Hall–Kier alpha value is -6.18. The predicted octanol–water partition coefficient (Wildman–Crippen LogP) is 13.1. The van der Waals surface area contributed by atoms with Crippen LogP contribution in [0.5, 0.6) is 0 Å². The first-order valence-electron chi connectivity index (χ1n) is 16.2. The molecule has 0 amide bonds. The molecule has 0 saturated carbocycles. The molecule has 0 aliphatic heterocycles. The normalized spacial score (nSPS) is 11.4. The van der Waals surface area contributed by atoms with Crippen molar-refractivity contribution < 1.29 is 0 Å². The van der Waals surface area contributed by atoms with Crippen molar-refractivity contribution in [2.24, 2.45) is 0 Å². The lowest BCUT2D eigenvalue weighted by Crippen LogP contribution is -2.12. The van der Waals surface area contributed by atoms with Crippen molar-refractivity contribution in [1.82, 2.24) is 0 Å². The zero-order valence-corrected chi connectivity index (χ0v) is 25.8. The standard InChI is InChI=1S/C46H31N/c1-2-13-32(14-3-1)37-19-12-20-39(30-37)47(40-28-27-34-16-5-7-18-36(34)31-40)46-44-24-11-9-22-42(44)41-21-8-10-23-43(41)45(46)38-26-25-33-15-4-6-17-35(33)29-38/h1-31H. The van der Waals surface area contributed by atoms with E-state index in [0.717, 1.165) is 11.4 Å². The molecule has 0 fully saturated rings. The van der Waals surface area contributed by atoms with Crippen LogP contribution in [0.25, 0.3) is 65.3 Å². The Balaban J connectivity index is 1.43. The van der Waals surface area contributed by atoms with Crippen molar-refractivity contribution in [1.29, 1.82) is 0 Å². The second-order valence-corrected chi connectivity index (χ2v) is 12.2. The summed E-state index contributed by atoms with van der Waals surface area (Å²) < 4.78 is 0. The average molecular weight is 598 g/mol. The number of fused-ring (bicyclic) bond motifs is 5. The van der Waals surface area contributed by atoms with Gasteiger partial charge in [-0.1, -0.05) is 158 Å². The van der Waals surface area contributed by atoms with E-state index < -0.39 is 0 Å². The molecule has 9 rings (SSSR count). The molecule has 220 valence electrons. The van der Waals surface area contributed by atoms with Gasteiger partial charge in [0.05, 0.1) is 5.69 Å². The molecule has 47 heavy (non-hydrogen) atoms. The highest BCUT2D eigenvalue weighted by Gasteiger charge is 2.24. The molecular formula is C46H31N. The zero-order valence-electron chi connectivity index (χ0n) is 25.8. The highest BCUT2D eigenvalue weighted by molar-refractivity contribution is 6.23. The number of nitrogens with zero attached hydrogens (tertiary/aromatic N) is 1. The predicted molar refractivity (Wildman–Crippen MR) is 202 cm³/mol. The Morgan fingerprint density at radius 3 is 1.55 bits per heavy atom. The summed E-state index contributed by atoms with van der Waals surface area (Å²) in [4.78, 5) is 2.48. The number of benzene rings is 9. The summed E-state index contributed by atoms with van der Waals surface area (Å²) in [7, 11) is 0. The largest absolute Gasteiger partial charge is 0.309 e. The van der Waals surface area contributed by atoms with E-state index in [1.54, 1.807) is 0 Å². The fraction of sp³-hybridized carbons (Fsp3) is 0. The summed E-state index contributed by atoms with van der Waals surface area (Å²) in [6.07, 6.45) is 0. The van der Waals surface area contributed by atoms with Crippen LogP contribution >= 0.6 is 0 Å². The van der Waals surface area contributed by atoms with Crippen LogP contribution in [0.3, 0.4) is 0 Å². The second kappa shape index (κ2) is 11.3. The summed E-state index contributed by atoms with van der Waals surface area (Å²) in [6.45, 7) is 0. The first kappa shape index (κ1) is 27.2. The second-order valence-electron chi connectivity index (χ2n) is 12.2. The highest BCUT2D eigenvalue weighted by Crippen LogP contribution is 2.50. The van der Waals surface area contributed by atoms with Gasteiger partial charge in [0.15, 0.2) is 0 Å². The van der Waals surface area contributed by atoms with E-state index in [0.29, 0.717) is 0 Å². The minimum atomic E-state index is 1.11. The van der Waals surface area contributed by atoms with Gasteiger partial charge in [-0.05, 0) is 84.7 Å². The van der Waals surface area contributed by atoms with Crippen molar-refractivity contribution in [3.05, 3.63) is 188 Å². The van der Waals surface area contributed by atoms with Gasteiger partial charge in [-0.15, -0.1) is 0 Å². The van der Waals surface area contributed by atoms with E-state index in [-0.39, 0.29) is 0 Å². The monoisotopic (exact) mass is 597 g/mol. The maximum atomic E-state index is 2.48. The number of hydrogen-bond acceptors (Lipinski definition) is 1. The Morgan fingerprint density at radius 1 is 0.277 bits per heavy atom. The van der Waals surface area contributed by atoms with E-state index >= 15 is 0 Å². The molecule has 0 bridgehead atoms. The lowest BCUT2D eigenvalue weighted by atomic mass is 9.89. The third-order valence-corrected chi connectivity index (χ3v) is 9.37. The molecule has 0 radical (unpaired) electrons. The van der Waals surface area contributed by atoms with Crippen molar-refractivity contribution in [2.75, 3.05) is 4.90 Å². The molecule has 0 aliphatic rings. The van der Waals surface area contributed by atoms with E-state index in [1.807, 2.05) is 0 Å². The average Bonchev–Trinajstić information content (AvgIpc) is 3.15. The topological polar surface area (TPSA) is 3.24 Å². The quantitative estimate of drug-likeness (QED) is 0.178. The molecule has 0 atom stereocenters. The molecule has 0 saturated heterocycles. The zero-order chi connectivity index (χ0) is 31.2. The molecule has 0 spiro atoms. The van der Waals surface area contributed by atoms with E-state index in [9.17, 15) is 0 Å². The Labute approximate surface area is 274 Å². The number of rotatable bonds is 5. The van der Waals surface area contributed by atoms with Gasteiger partial charge in [0.25, 0.3) is 0 Å². The Kier molecular flexibility index (Phi) is 6.54. The van der Waals surface area contributed by atoms with Gasteiger partial charge < -0.3 is 4.90 Å². The summed E-state index contributed by atoms with van der Waals surface area (Å²) in [5.41, 5.74) is 8.22. The van der Waals surface area contributed by atoms with Crippen LogP contribution in [0.15, 0.2) is 188 Å². The SMILES string of the molecule is c1ccc(-c2cccc(N(c3ccc4ccccc4c3)c3c(-c4ccc5ccccc5c4)c4ccccc4c4ccccc34)c2)cc1. The van der Waals surface area contributed by atoms with Gasteiger partial charge in [0.2, 0.25) is 0 Å². The van der Waals surface area contributed by atoms with E-state index in [2.05, 4.69) is 193 Å². The van der Waals surface area contributed by atoms with Gasteiger partial charge >= 0.3 is 0 Å². The van der Waals surface area contributed by atoms with E-state index in [4.69, 9.17) is 0 Å². The number of hydrogen-bond donors (Lipinski definition) is 0. The maximum absolute atomic E-state index is 2.48. The van der Waals surface area contributed by atoms with Crippen molar-refractivity contribution in [3.8, 4) is 22.3 Å². The van der Waals surface area contributed by atoms with Gasteiger partial charge in [0.1, 0.15) is 0 Å². The Morgan fingerprint density at radius 2 is 0.809 bits per heavy atom. The van der Waals surface area contributed by atoms with Crippen molar-refractivity contribution in [3.63, 3.8) is 0 Å². The van der Waals surface area contributed by atoms with Crippen molar-refractivity contribution >= 4 is 60.2 Å². The maximum Gasteiger partial charge on any atom is 0.0624 e. The minimum Gasteiger partial charge on any atom is -0.309 e. The van der Waals surface area contributed by atoms with Crippen LogP contribution in [0.2, 0.25) is 0 Å². The Bertz CT molecular complexity index is 2580. The smallest absolute Gasteiger partial charge is 0.0624 e. The van der Waals surface area contributed by atoms with Gasteiger partial charge in [0, 0.05) is 22.3 Å².